The van der Waals surface area contributed by atoms with Crippen LogP contribution in [0.5, 0.6) is 0 Å². The number of rotatable bonds is 1. The number of fused-ring (bicyclic) bond motifs is 1. The van der Waals surface area contributed by atoms with Gasteiger partial charge in [0.05, 0.1) is 4.92 Å². The van der Waals surface area contributed by atoms with E-state index in [0.717, 1.165) is 22.1 Å². The molecule has 16 heavy (non-hydrogen) atoms. The molecule has 0 aliphatic carbocycles. The van der Waals surface area contributed by atoms with Gasteiger partial charge in [-0.25, -0.2) is 4.98 Å². The molecule has 4 nitrogen and oxygen atoms in total. The highest BCUT2D eigenvalue weighted by Gasteiger charge is 2.16. The van der Waals surface area contributed by atoms with E-state index >= 15 is 0 Å². The van der Waals surface area contributed by atoms with Gasteiger partial charge in [-0.3, -0.25) is 10.1 Å². The Hall–Kier alpha value is -1.97. The van der Waals surface area contributed by atoms with E-state index in [1.54, 1.807) is 12.3 Å². The van der Waals surface area contributed by atoms with E-state index in [2.05, 4.69) is 4.98 Å². The fourth-order valence-electron chi connectivity index (χ4n) is 1.89. The Balaban J connectivity index is 2.97. The molecule has 0 bridgehead atoms. The first-order valence-corrected chi connectivity index (χ1v) is 5.02. The fraction of sp³-hybridized carbons (Fsp3) is 0.250. The first-order chi connectivity index (χ1) is 7.52. The van der Waals surface area contributed by atoms with E-state index in [-0.39, 0.29) is 10.6 Å². The van der Waals surface area contributed by atoms with Crippen molar-refractivity contribution < 1.29 is 4.92 Å². The van der Waals surface area contributed by atoms with Crippen LogP contribution in [0.1, 0.15) is 16.7 Å². The van der Waals surface area contributed by atoms with Crippen LogP contribution in [0.4, 0.5) is 5.69 Å². The topological polar surface area (TPSA) is 56.0 Å². The SMILES string of the molecule is Cc1cnc2c([N+](=O)[O-])ccc(C)c2c1C. The maximum absolute atomic E-state index is 10.9. The number of aryl methyl sites for hydroxylation is 3. The van der Waals surface area contributed by atoms with Crippen LogP contribution in [-0.2, 0) is 0 Å². The molecular weight excluding hydrogens is 204 g/mol. The molecule has 0 saturated carbocycles. The molecule has 0 aliphatic rings. The lowest BCUT2D eigenvalue weighted by molar-refractivity contribution is -0.383. The highest BCUT2D eigenvalue weighted by molar-refractivity contribution is 5.92. The number of pyridine rings is 1. The summed E-state index contributed by atoms with van der Waals surface area (Å²) in [6.07, 6.45) is 1.68. The monoisotopic (exact) mass is 216 g/mol. The smallest absolute Gasteiger partial charge is 0.258 e. The van der Waals surface area contributed by atoms with Gasteiger partial charge >= 0.3 is 0 Å². The van der Waals surface area contributed by atoms with Gasteiger partial charge in [0.2, 0.25) is 0 Å². The Morgan fingerprint density at radius 2 is 1.88 bits per heavy atom. The van der Waals surface area contributed by atoms with E-state index < -0.39 is 0 Å². The number of non-ortho nitro benzene ring substituents is 1. The first kappa shape index (κ1) is 10.5. The van der Waals surface area contributed by atoms with Crippen molar-refractivity contribution in [2.45, 2.75) is 20.8 Å². The summed E-state index contributed by atoms with van der Waals surface area (Å²) in [6.45, 7) is 5.87. The number of hydrogen-bond donors (Lipinski definition) is 0. The minimum atomic E-state index is -0.385. The Labute approximate surface area is 93.1 Å². The van der Waals surface area contributed by atoms with Crippen molar-refractivity contribution in [3.05, 3.63) is 45.1 Å². The lowest BCUT2D eigenvalue weighted by atomic mass is 10.0. The van der Waals surface area contributed by atoms with E-state index in [9.17, 15) is 10.1 Å². The van der Waals surface area contributed by atoms with Gasteiger partial charge in [-0.05, 0) is 37.5 Å². The first-order valence-electron chi connectivity index (χ1n) is 5.02. The molecule has 1 heterocycles. The Bertz CT molecular complexity index is 591. The number of nitrogens with zero attached hydrogens (tertiary/aromatic N) is 2. The van der Waals surface area contributed by atoms with E-state index in [0.29, 0.717) is 5.52 Å². The van der Waals surface area contributed by atoms with E-state index in [1.165, 1.54) is 6.07 Å². The largest absolute Gasteiger partial charge is 0.295 e. The van der Waals surface area contributed by atoms with Crippen LogP contribution in [0.2, 0.25) is 0 Å². The standard InChI is InChI=1S/C12H12N2O2/c1-7-4-5-10(14(15)16)12-11(7)9(3)8(2)6-13-12/h4-6H,1-3H3. The quantitative estimate of drug-likeness (QED) is 0.543. The normalized spacial score (nSPS) is 10.7. The van der Waals surface area contributed by atoms with Gasteiger partial charge in [-0.2, -0.15) is 0 Å². The summed E-state index contributed by atoms with van der Waals surface area (Å²) in [4.78, 5) is 14.7. The Morgan fingerprint density at radius 3 is 2.50 bits per heavy atom. The second-order valence-corrected chi connectivity index (χ2v) is 3.95. The van der Waals surface area contributed by atoms with Crippen molar-refractivity contribution in [3.63, 3.8) is 0 Å². The highest BCUT2D eigenvalue weighted by Crippen LogP contribution is 2.29. The number of aromatic nitrogens is 1. The van der Waals surface area contributed by atoms with E-state index in [4.69, 9.17) is 0 Å². The molecule has 0 aliphatic heterocycles. The molecule has 2 aromatic rings. The molecule has 2 rings (SSSR count). The molecule has 0 amide bonds. The summed E-state index contributed by atoms with van der Waals surface area (Å²) in [7, 11) is 0. The van der Waals surface area contributed by atoms with Crippen LogP contribution in [0.15, 0.2) is 18.3 Å². The van der Waals surface area contributed by atoms with Gasteiger partial charge < -0.3 is 0 Å². The Morgan fingerprint density at radius 1 is 1.19 bits per heavy atom. The van der Waals surface area contributed by atoms with Crippen LogP contribution in [0.25, 0.3) is 10.9 Å². The fourth-order valence-corrected chi connectivity index (χ4v) is 1.89. The van der Waals surface area contributed by atoms with Crippen LogP contribution in [-0.4, -0.2) is 9.91 Å². The molecule has 0 spiro atoms. The van der Waals surface area contributed by atoms with Crippen molar-refractivity contribution in [1.29, 1.82) is 0 Å². The molecule has 4 heteroatoms. The molecule has 82 valence electrons. The molecule has 0 fully saturated rings. The second kappa shape index (κ2) is 3.56. The van der Waals surface area contributed by atoms with Crippen molar-refractivity contribution in [1.82, 2.24) is 4.98 Å². The van der Waals surface area contributed by atoms with Crippen LogP contribution < -0.4 is 0 Å². The molecule has 1 aromatic carbocycles. The van der Waals surface area contributed by atoms with Crippen LogP contribution in [0, 0.1) is 30.9 Å². The maximum Gasteiger partial charge on any atom is 0.295 e. The average Bonchev–Trinajstić information content (AvgIpc) is 2.23. The molecule has 0 N–H and O–H groups in total. The summed E-state index contributed by atoms with van der Waals surface area (Å²) in [5, 5.41) is 11.8. The third-order valence-corrected chi connectivity index (χ3v) is 2.92. The van der Waals surface area contributed by atoms with Crippen LogP contribution >= 0.6 is 0 Å². The van der Waals surface area contributed by atoms with E-state index in [1.807, 2.05) is 20.8 Å². The van der Waals surface area contributed by atoms with Gasteiger partial charge in [0, 0.05) is 17.6 Å². The minimum absolute atomic E-state index is 0.0729. The maximum atomic E-state index is 10.9. The van der Waals surface area contributed by atoms with Crippen molar-refractivity contribution in [2.24, 2.45) is 0 Å². The molecule has 0 atom stereocenters. The average molecular weight is 216 g/mol. The molecule has 0 unspecified atom stereocenters. The zero-order chi connectivity index (χ0) is 11.9. The number of hydrogen-bond acceptors (Lipinski definition) is 3. The van der Waals surface area contributed by atoms with Crippen LogP contribution in [0.3, 0.4) is 0 Å². The number of benzene rings is 1. The highest BCUT2D eigenvalue weighted by atomic mass is 16.6. The summed E-state index contributed by atoms with van der Waals surface area (Å²) < 4.78 is 0. The predicted octanol–water partition coefficient (Wildman–Crippen LogP) is 3.07. The van der Waals surface area contributed by atoms with Gasteiger partial charge in [0.15, 0.2) is 0 Å². The molecule has 0 saturated heterocycles. The molecule has 1 aromatic heterocycles. The summed E-state index contributed by atoms with van der Waals surface area (Å²) in [6, 6.07) is 3.29. The van der Waals surface area contributed by atoms with Gasteiger partial charge in [-0.15, -0.1) is 0 Å². The van der Waals surface area contributed by atoms with Gasteiger partial charge in [0.1, 0.15) is 5.52 Å². The summed E-state index contributed by atoms with van der Waals surface area (Å²) in [5.74, 6) is 0. The molecule has 0 radical (unpaired) electrons. The Kier molecular flexibility index (Phi) is 2.34. The van der Waals surface area contributed by atoms with Crippen molar-refractivity contribution in [2.75, 3.05) is 0 Å². The minimum Gasteiger partial charge on any atom is -0.258 e. The lowest BCUT2D eigenvalue weighted by Gasteiger charge is -2.07. The molecular formula is C12H12N2O2. The number of nitro groups is 1. The van der Waals surface area contributed by atoms with Crippen molar-refractivity contribution >= 4 is 16.6 Å². The third-order valence-electron chi connectivity index (χ3n) is 2.92. The zero-order valence-electron chi connectivity index (χ0n) is 9.44. The third kappa shape index (κ3) is 1.43. The second-order valence-electron chi connectivity index (χ2n) is 3.95. The predicted molar refractivity (Wildman–Crippen MR) is 62.6 cm³/mol. The van der Waals surface area contributed by atoms with Gasteiger partial charge in [-0.1, -0.05) is 6.07 Å². The lowest BCUT2D eigenvalue weighted by Crippen LogP contribution is -1.96. The van der Waals surface area contributed by atoms with Crippen molar-refractivity contribution in [3.8, 4) is 0 Å². The van der Waals surface area contributed by atoms with Gasteiger partial charge in [0.25, 0.3) is 5.69 Å². The zero-order valence-corrected chi connectivity index (χ0v) is 9.44. The summed E-state index contributed by atoms with van der Waals surface area (Å²) in [5.41, 5.74) is 3.69. The summed E-state index contributed by atoms with van der Waals surface area (Å²) >= 11 is 0. The number of nitro benzene ring substituents is 1.